The molecule has 1 saturated carbocycles. The van der Waals surface area contributed by atoms with E-state index in [2.05, 4.69) is 19.2 Å². The van der Waals surface area contributed by atoms with Crippen molar-refractivity contribution < 1.29 is 9.59 Å². The first-order valence-electron chi connectivity index (χ1n) is 8.64. The zero-order chi connectivity index (χ0) is 15.5. The van der Waals surface area contributed by atoms with Crippen LogP contribution in [0.2, 0.25) is 0 Å². The van der Waals surface area contributed by atoms with Gasteiger partial charge in [0.15, 0.2) is 0 Å². The van der Waals surface area contributed by atoms with Crippen LogP contribution in [0, 0.1) is 5.92 Å². The maximum absolute atomic E-state index is 13.2. The molecule has 1 atom stereocenters. The molecular formula is C17H30N2O2. The summed E-state index contributed by atoms with van der Waals surface area (Å²) in [5.74, 6) is 0.752. The van der Waals surface area contributed by atoms with E-state index < -0.39 is 5.54 Å². The second-order valence-electron chi connectivity index (χ2n) is 6.88. The van der Waals surface area contributed by atoms with Crippen molar-refractivity contribution in [2.45, 2.75) is 83.7 Å². The topological polar surface area (TPSA) is 49.4 Å². The van der Waals surface area contributed by atoms with E-state index in [1.807, 2.05) is 11.8 Å². The van der Waals surface area contributed by atoms with Crippen molar-refractivity contribution in [1.29, 1.82) is 0 Å². The summed E-state index contributed by atoms with van der Waals surface area (Å²) in [5.41, 5.74) is -0.605. The van der Waals surface area contributed by atoms with E-state index in [0.29, 0.717) is 12.3 Å². The summed E-state index contributed by atoms with van der Waals surface area (Å²) < 4.78 is 0. The van der Waals surface area contributed by atoms with Gasteiger partial charge in [0.05, 0.1) is 0 Å². The fourth-order valence-corrected chi connectivity index (χ4v) is 3.81. The summed E-state index contributed by atoms with van der Waals surface area (Å²) in [6.07, 6.45) is 7.48. The van der Waals surface area contributed by atoms with E-state index in [1.165, 1.54) is 6.42 Å². The predicted molar refractivity (Wildman–Crippen MR) is 83.8 cm³/mol. The molecule has 0 aromatic heterocycles. The van der Waals surface area contributed by atoms with Gasteiger partial charge in [-0.25, -0.2) is 0 Å². The zero-order valence-corrected chi connectivity index (χ0v) is 13.8. The molecule has 2 rings (SSSR count). The SMILES string of the molecule is CCC(CC)CN1C(=O)C2(CCCCC2)NC(=O)CC1C. The number of amides is 2. The van der Waals surface area contributed by atoms with Crippen LogP contribution < -0.4 is 5.32 Å². The second-order valence-corrected chi connectivity index (χ2v) is 6.88. The van der Waals surface area contributed by atoms with Gasteiger partial charge in [-0.2, -0.15) is 0 Å². The van der Waals surface area contributed by atoms with Crippen molar-refractivity contribution in [3.8, 4) is 0 Å². The first-order chi connectivity index (χ1) is 10.0. The Morgan fingerprint density at radius 1 is 1.19 bits per heavy atom. The first-order valence-corrected chi connectivity index (χ1v) is 8.64. The maximum Gasteiger partial charge on any atom is 0.248 e. The molecule has 1 aliphatic carbocycles. The highest BCUT2D eigenvalue weighted by atomic mass is 16.2. The third-order valence-corrected chi connectivity index (χ3v) is 5.38. The van der Waals surface area contributed by atoms with Crippen LogP contribution >= 0.6 is 0 Å². The van der Waals surface area contributed by atoms with Gasteiger partial charge in [0.25, 0.3) is 0 Å². The standard InChI is InChI=1S/C17H30N2O2/c1-4-14(5-2)12-19-13(3)11-15(20)18-17(16(19)21)9-7-6-8-10-17/h13-14H,4-12H2,1-3H3,(H,18,20). The van der Waals surface area contributed by atoms with Gasteiger partial charge in [-0.1, -0.05) is 46.0 Å². The molecule has 0 radical (unpaired) electrons. The van der Waals surface area contributed by atoms with E-state index in [-0.39, 0.29) is 17.9 Å². The molecule has 0 aromatic rings. The van der Waals surface area contributed by atoms with E-state index in [0.717, 1.165) is 45.1 Å². The summed E-state index contributed by atoms with van der Waals surface area (Å²) in [5, 5.41) is 3.08. The minimum Gasteiger partial charge on any atom is -0.342 e. The average molecular weight is 294 g/mol. The van der Waals surface area contributed by atoms with Crippen LogP contribution in [0.1, 0.15) is 72.1 Å². The highest BCUT2D eigenvalue weighted by molar-refractivity contribution is 5.94. The summed E-state index contributed by atoms with van der Waals surface area (Å²) in [6, 6.07) is 0.0133. The molecule has 2 amide bonds. The number of carbonyl (C=O) groups is 2. The fourth-order valence-electron chi connectivity index (χ4n) is 3.81. The van der Waals surface area contributed by atoms with Gasteiger partial charge in [-0.05, 0) is 25.7 Å². The van der Waals surface area contributed by atoms with Gasteiger partial charge in [0, 0.05) is 19.0 Å². The predicted octanol–water partition coefficient (Wildman–Crippen LogP) is 2.86. The Labute approximate surface area is 128 Å². The molecule has 0 aromatic carbocycles. The van der Waals surface area contributed by atoms with Crippen molar-refractivity contribution in [3.63, 3.8) is 0 Å². The smallest absolute Gasteiger partial charge is 0.248 e. The lowest BCUT2D eigenvalue weighted by atomic mass is 9.80. The Kier molecular flexibility index (Phi) is 5.28. The Balaban J connectivity index is 2.24. The first kappa shape index (κ1) is 16.3. The molecule has 4 nitrogen and oxygen atoms in total. The molecule has 120 valence electrons. The van der Waals surface area contributed by atoms with Crippen LogP contribution in [-0.2, 0) is 9.59 Å². The van der Waals surface area contributed by atoms with Gasteiger partial charge in [0.1, 0.15) is 5.54 Å². The lowest BCUT2D eigenvalue weighted by Gasteiger charge is -2.40. The van der Waals surface area contributed by atoms with Crippen LogP contribution in [-0.4, -0.2) is 34.8 Å². The molecule has 1 unspecified atom stereocenters. The van der Waals surface area contributed by atoms with Crippen molar-refractivity contribution >= 4 is 11.8 Å². The molecule has 1 aliphatic heterocycles. The lowest BCUT2D eigenvalue weighted by molar-refractivity contribution is -0.142. The van der Waals surface area contributed by atoms with E-state index in [1.54, 1.807) is 0 Å². The summed E-state index contributed by atoms with van der Waals surface area (Å²) in [4.78, 5) is 27.4. The maximum atomic E-state index is 13.2. The van der Waals surface area contributed by atoms with E-state index in [9.17, 15) is 9.59 Å². The van der Waals surface area contributed by atoms with Crippen LogP contribution in [0.3, 0.4) is 0 Å². The number of nitrogens with zero attached hydrogens (tertiary/aromatic N) is 1. The monoisotopic (exact) mass is 294 g/mol. The molecular weight excluding hydrogens is 264 g/mol. The van der Waals surface area contributed by atoms with Crippen LogP contribution in [0.4, 0.5) is 0 Å². The normalized spacial score (nSPS) is 26.1. The fraction of sp³-hybridized carbons (Fsp3) is 0.882. The number of rotatable bonds is 4. The number of hydrogen-bond donors (Lipinski definition) is 1. The van der Waals surface area contributed by atoms with Gasteiger partial charge in [-0.15, -0.1) is 0 Å². The third-order valence-electron chi connectivity index (χ3n) is 5.38. The molecule has 1 N–H and O–H groups in total. The summed E-state index contributed by atoms with van der Waals surface area (Å²) in [6.45, 7) is 7.17. The molecule has 2 aliphatic rings. The number of nitrogens with one attached hydrogen (secondary N) is 1. The quantitative estimate of drug-likeness (QED) is 0.866. The van der Waals surface area contributed by atoms with Crippen molar-refractivity contribution in [2.24, 2.45) is 5.92 Å². The average Bonchev–Trinajstić information content (AvgIpc) is 2.55. The highest BCUT2D eigenvalue weighted by Crippen LogP contribution is 2.33. The Hall–Kier alpha value is -1.06. The third kappa shape index (κ3) is 3.41. The van der Waals surface area contributed by atoms with Gasteiger partial charge in [0.2, 0.25) is 11.8 Å². The van der Waals surface area contributed by atoms with Gasteiger partial charge in [-0.3, -0.25) is 9.59 Å². The minimum absolute atomic E-state index is 0.0133. The molecule has 0 bridgehead atoms. The molecule has 1 saturated heterocycles. The highest BCUT2D eigenvalue weighted by Gasteiger charge is 2.46. The Morgan fingerprint density at radius 3 is 2.38 bits per heavy atom. The molecule has 2 fully saturated rings. The van der Waals surface area contributed by atoms with E-state index in [4.69, 9.17) is 0 Å². The zero-order valence-electron chi connectivity index (χ0n) is 13.8. The van der Waals surface area contributed by atoms with Crippen molar-refractivity contribution in [2.75, 3.05) is 6.54 Å². The summed E-state index contributed by atoms with van der Waals surface area (Å²) >= 11 is 0. The summed E-state index contributed by atoms with van der Waals surface area (Å²) in [7, 11) is 0. The Morgan fingerprint density at radius 2 is 1.81 bits per heavy atom. The molecule has 1 spiro atoms. The second kappa shape index (κ2) is 6.80. The van der Waals surface area contributed by atoms with Gasteiger partial charge < -0.3 is 10.2 Å². The lowest BCUT2D eigenvalue weighted by Crippen LogP contribution is -2.59. The largest absolute Gasteiger partial charge is 0.342 e. The molecule has 4 heteroatoms. The van der Waals surface area contributed by atoms with Crippen molar-refractivity contribution in [1.82, 2.24) is 10.2 Å². The minimum atomic E-state index is -0.605. The van der Waals surface area contributed by atoms with E-state index >= 15 is 0 Å². The van der Waals surface area contributed by atoms with Crippen LogP contribution in [0.15, 0.2) is 0 Å². The molecule has 21 heavy (non-hydrogen) atoms. The van der Waals surface area contributed by atoms with Gasteiger partial charge >= 0.3 is 0 Å². The molecule has 1 heterocycles. The number of hydrogen-bond acceptors (Lipinski definition) is 2. The Bertz CT molecular complexity index is 384. The van der Waals surface area contributed by atoms with Crippen molar-refractivity contribution in [3.05, 3.63) is 0 Å². The van der Waals surface area contributed by atoms with Crippen LogP contribution in [0.5, 0.6) is 0 Å². The number of carbonyl (C=O) groups excluding carboxylic acids is 2. The van der Waals surface area contributed by atoms with Crippen LogP contribution in [0.25, 0.3) is 0 Å².